The van der Waals surface area contributed by atoms with Gasteiger partial charge in [-0.15, -0.1) is 11.3 Å². The number of carbonyl (C=O) groups is 1. The summed E-state index contributed by atoms with van der Waals surface area (Å²) in [5.41, 5.74) is 10.3. The van der Waals surface area contributed by atoms with E-state index >= 15 is 0 Å². The van der Waals surface area contributed by atoms with Crippen LogP contribution in [0.3, 0.4) is 0 Å². The van der Waals surface area contributed by atoms with Crippen LogP contribution < -0.4 is 11.1 Å². The molecule has 2 heterocycles. The highest BCUT2D eigenvalue weighted by atomic mass is 32.1. The van der Waals surface area contributed by atoms with Gasteiger partial charge in [0.25, 0.3) is 5.91 Å². The van der Waals surface area contributed by atoms with Crippen LogP contribution >= 0.6 is 11.3 Å². The van der Waals surface area contributed by atoms with Crippen LogP contribution in [-0.4, -0.2) is 21.3 Å². The van der Waals surface area contributed by atoms with Crippen molar-refractivity contribution in [3.05, 3.63) is 71.7 Å². The van der Waals surface area contributed by atoms with Gasteiger partial charge in [-0.05, 0) is 41.3 Å². The topological polar surface area (TPSA) is 96.7 Å². The maximum Gasteiger partial charge on any atom is 0.255 e. The third kappa shape index (κ3) is 3.20. The molecule has 4 aromatic rings. The van der Waals surface area contributed by atoms with Crippen molar-refractivity contribution in [2.45, 2.75) is 0 Å². The number of anilines is 2. The van der Waals surface area contributed by atoms with Crippen LogP contribution in [0.15, 0.2) is 66.2 Å². The van der Waals surface area contributed by atoms with Gasteiger partial charge in [-0.25, -0.2) is 0 Å². The van der Waals surface area contributed by atoms with Crippen LogP contribution in [0.25, 0.3) is 21.7 Å². The summed E-state index contributed by atoms with van der Waals surface area (Å²) in [6.45, 7) is 0. The highest BCUT2D eigenvalue weighted by Gasteiger charge is 2.11. The Kier molecular flexibility index (Phi) is 4.20. The molecule has 26 heavy (non-hydrogen) atoms. The number of H-pyrrole nitrogens is 1. The van der Waals surface area contributed by atoms with Crippen molar-refractivity contribution in [2.75, 3.05) is 11.1 Å². The third-order valence-corrected chi connectivity index (χ3v) is 4.88. The molecule has 7 heteroatoms. The van der Waals surface area contributed by atoms with E-state index in [1.807, 2.05) is 41.8 Å². The predicted octanol–water partition coefficient (Wildman–Crippen LogP) is 4.03. The highest BCUT2D eigenvalue weighted by molar-refractivity contribution is 7.13. The quantitative estimate of drug-likeness (QED) is 0.478. The van der Waals surface area contributed by atoms with Crippen LogP contribution in [0.4, 0.5) is 11.4 Å². The number of amides is 1. The number of nitrogens with one attached hydrogen (secondary N) is 2. The molecule has 0 aliphatic heterocycles. The Hall–Kier alpha value is -3.45. The number of rotatable bonds is 4. The molecule has 0 atom stereocenters. The number of carbonyl (C=O) groups excluding carboxylic acids is 1. The zero-order chi connectivity index (χ0) is 17.9. The number of aromatic amines is 1. The molecule has 0 aliphatic rings. The van der Waals surface area contributed by atoms with Crippen molar-refractivity contribution in [3.8, 4) is 21.7 Å². The van der Waals surface area contributed by atoms with Crippen LogP contribution in [-0.2, 0) is 0 Å². The zero-order valence-electron chi connectivity index (χ0n) is 13.6. The lowest BCUT2D eigenvalue weighted by molar-refractivity contribution is 0.102. The van der Waals surface area contributed by atoms with E-state index in [0.717, 1.165) is 21.7 Å². The molecular formula is C19H15N5OS. The van der Waals surface area contributed by atoms with Crippen LogP contribution in [0, 0.1) is 0 Å². The monoisotopic (exact) mass is 361 g/mol. The van der Waals surface area contributed by atoms with E-state index in [1.54, 1.807) is 35.7 Å². The van der Waals surface area contributed by atoms with Crippen LogP contribution in [0.5, 0.6) is 0 Å². The third-order valence-electron chi connectivity index (χ3n) is 3.97. The minimum absolute atomic E-state index is 0.216. The van der Waals surface area contributed by atoms with Gasteiger partial charge in [-0.3, -0.25) is 4.79 Å². The van der Waals surface area contributed by atoms with E-state index in [4.69, 9.17) is 5.73 Å². The van der Waals surface area contributed by atoms with E-state index in [-0.39, 0.29) is 5.91 Å². The molecule has 4 N–H and O–H groups in total. The lowest BCUT2D eigenvalue weighted by Gasteiger charge is -2.10. The fraction of sp³-hybridized carbons (Fsp3) is 0. The van der Waals surface area contributed by atoms with E-state index in [2.05, 4.69) is 20.7 Å². The Morgan fingerprint density at radius 3 is 2.58 bits per heavy atom. The van der Waals surface area contributed by atoms with Crippen molar-refractivity contribution in [3.63, 3.8) is 0 Å². The Labute approximate surface area is 153 Å². The summed E-state index contributed by atoms with van der Waals surface area (Å²) in [6.07, 6.45) is 1.63. The number of benzene rings is 2. The summed E-state index contributed by atoms with van der Waals surface area (Å²) in [6, 6.07) is 16.8. The number of hydrogen-bond acceptors (Lipinski definition) is 5. The first kappa shape index (κ1) is 16.0. The number of thiophene rings is 1. The second kappa shape index (κ2) is 6.81. The molecule has 1 amide bonds. The number of nitrogens with two attached hydrogens (primary N) is 1. The standard InChI is InChI=1S/C19H15N5OS/c20-15-8-7-14(18-2-1-9-26-18)10-16(15)22-19(25)13-5-3-12(4-6-13)17-11-21-24-23-17/h1-11H,20H2,(H,22,25)(H,21,23,24). The maximum absolute atomic E-state index is 12.6. The minimum atomic E-state index is -0.216. The van der Waals surface area contributed by atoms with Crippen molar-refractivity contribution in [1.29, 1.82) is 0 Å². The number of nitrogens with zero attached hydrogens (tertiary/aromatic N) is 2. The Morgan fingerprint density at radius 2 is 1.88 bits per heavy atom. The highest BCUT2D eigenvalue weighted by Crippen LogP contribution is 2.30. The second-order valence-electron chi connectivity index (χ2n) is 5.67. The van der Waals surface area contributed by atoms with Gasteiger partial charge in [0.15, 0.2) is 0 Å². The van der Waals surface area contributed by atoms with Gasteiger partial charge in [0.2, 0.25) is 0 Å². The summed E-state index contributed by atoms with van der Waals surface area (Å²) in [4.78, 5) is 13.7. The molecule has 0 saturated heterocycles. The van der Waals surface area contributed by atoms with E-state index in [9.17, 15) is 4.79 Å². The fourth-order valence-electron chi connectivity index (χ4n) is 2.59. The first-order chi connectivity index (χ1) is 12.7. The molecule has 6 nitrogen and oxygen atoms in total. The molecule has 2 aromatic carbocycles. The molecular weight excluding hydrogens is 346 g/mol. The van der Waals surface area contributed by atoms with Crippen LogP contribution in [0.1, 0.15) is 10.4 Å². The summed E-state index contributed by atoms with van der Waals surface area (Å²) >= 11 is 1.64. The summed E-state index contributed by atoms with van der Waals surface area (Å²) < 4.78 is 0. The SMILES string of the molecule is Nc1ccc(-c2cccs2)cc1NC(=O)c1ccc(-c2cn[nH]n2)cc1. The first-order valence-corrected chi connectivity index (χ1v) is 8.79. The van der Waals surface area contributed by atoms with Gasteiger partial charge >= 0.3 is 0 Å². The Balaban J connectivity index is 1.55. The summed E-state index contributed by atoms with van der Waals surface area (Å²) in [5.74, 6) is -0.216. The van der Waals surface area contributed by atoms with Gasteiger partial charge in [0, 0.05) is 16.0 Å². The van der Waals surface area contributed by atoms with Gasteiger partial charge in [0.05, 0.1) is 17.6 Å². The Bertz CT molecular complexity index is 1020. The Morgan fingerprint density at radius 1 is 1.08 bits per heavy atom. The fourth-order valence-corrected chi connectivity index (χ4v) is 3.31. The molecule has 0 aliphatic carbocycles. The van der Waals surface area contributed by atoms with E-state index < -0.39 is 0 Å². The molecule has 0 saturated carbocycles. The number of nitrogen functional groups attached to an aromatic ring is 1. The molecule has 0 spiro atoms. The predicted molar refractivity (Wildman–Crippen MR) is 104 cm³/mol. The second-order valence-corrected chi connectivity index (χ2v) is 6.61. The number of aromatic nitrogens is 3. The summed E-state index contributed by atoms with van der Waals surface area (Å²) in [7, 11) is 0. The zero-order valence-corrected chi connectivity index (χ0v) is 14.5. The van der Waals surface area contributed by atoms with Gasteiger partial charge in [0.1, 0.15) is 5.69 Å². The van der Waals surface area contributed by atoms with Gasteiger partial charge in [-0.1, -0.05) is 24.3 Å². The summed E-state index contributed by atoms with van der Waals surface area (Å²) in [5, 5.41) is 15.3. The van der Waals surface area contributed by atoms with E-state index in [0.29, 0.717) is 16.9 Å². The largest absolute Gasteiger partial charge is 0.397 e. The minimum Gasteiger partial charge on any atom is -0.397 e. The van der Waals surface area contributed by atoms with Crippen molar-refractivity contribution < 1.29 is 4.79 Å². The lowest BCUT2D eigenvalue weighted by Crippen LogP contribution is -2.13. The number of hydrogen-bond donors (Lipinski definition) is 3. The molecule has 0 fully saturated rings. The average molecular weight is 361 g/mol. The molecule has 128 valence electrons. The molecule has 0 radical (unpaired) electrons. The molecule has 0 bridgehead atoms. The van der Waals surface area contributed by atoms with Crippen LogP contribution in [0.2, 0.25) is 0 Å². The van der Waals surface area contributed by atoms with Crippen molar-refractivity contribution in [1.82, 2.24) is 15.4 Å². The van der Waals surface area contributed by atoms with Crippen molar-refractivity contribution >= 4 is 28.6 Å². The molecule has 2 aromatic heterocycles. The van der Waals surface area contributed by atoms with E-state index in [1.165, 1.54) is 0 Å². The van der Waals surface area contributed by atoms with Gasteiger partial charge in [-0.2, -0.15) is 15.4 Å². The smallest absolute Gasteiger partial charge is 0.255 e. The average Bonchev–Trinajstić information content (AvgIpc) is 3.38. The van der Waals surface area contributed by atoms with Gasteiger partial charge < -0.3 is 11.1 Å². The molecule has 0 unspecified atom stereocenters. The normalized spacial score (nSPS) is 10.6. The molecule has 4 rings (SSSR count). The maximum atomic E-state index is 12.6. The lowest BCUT2D eigenvalue weighted by atomic mass is 10.1. The first-order valence-electron chi connectivity index (χ1n) is 7.92. The van der Waals surface area contributed by atoms with Crippen molar-refractivity contribution in [2.24, 2.45) is 0 Å².